The fourth-order valence-electron chi connectivity index (χ4n) is 1.04. The molecule has 0 aliphatic carbocycles. The van der Waals surface area contributed by atoms with Gasteiger partial charge < -0.3 is 10.2 Å². The maximum atomic E-state index is 11.4. The molecule has 0 aliphatic rings. The monoisotopic (exact) mass is 234 g/mol. The van der Waals surface area contributed by atoms with Crippen molar-refractivity contribution in [3.05, 3.63) is 42.0 Å². The molecule has 1 aromatic rings. The van der Waals surface area contributed by atoms with Crippen LogP contribution in [0, 0.1) is 6.92 Å². The second-order valence-corrected chi connectivity index (χ2v) is 3.54. The van der Waals surface area contributed by atoms with Crippen molar-refractivity contribution in [1.29, 1.82) is 0 Å². The van der Waals surface area contributed by atoms with Crippen LogP contribution in [-0.4, -0.2) is 12.0 Å². The lowest BCUT2D eigenvalue weighted by Crippen LogP contribution is -2.31. The molecular formula is C12H14N2O3. The van der Waals surface area contributed by atoms with E-state index in [-0.39, 0.29) is 5.57 Å². The number of anilines is 1. The average molecular weight is 234 g/mol. The van der Waals surface area contributed by atoms with Crippen LogP contribution in [0.3, 0.4) is 0 Å². The molecule has 0 spiro atoms. The highest BCUT2D eigenvalue weighted by molar-refractivity contribution is 5.92. The molecule has 5 heteroatoms. The minimum absolute atomic E-state index is 0.209. The van der Waals surface area contributed by atoms with Gasteiger partial charge >= 0.3 is 12.0 Å². The van der Waals surface area contributed by atoms with Crippen LogP contribution < -0.4 is 10.8 Å². The molecule has 90 valence electrons. The molecule has 1 rings (SSSR count). The molecule has 0 bridgehead atoms. The third-order valence-electron chi connectivity index (χ3n) is 1.98. The molecule has 0 saturated heterocycles. The fourth-order valence-corrected chi connectivity index (χ4v) is 1.04. The quantitative estimate of drug-likeness (QED) is 0.608. The number of benzene rings is 1. The van der Waals surface area contributed by atoms with E-state index in [0.717, 1.165) is 5.56 Å². The van der Waals surface area contributed by atoms with Gasteiger partial charge in [0.1, 0.15) is 0 Å². The van der Waals surface area contributed by atoms with Crippen LogP contribution >= 0.6 is 0 Å². The van der Waals surface area contributed by atoms with E-state index < -0.39 is 12.0 Å². The molecule has 0 aromatic heterocycles. The summed E-state index contributed by atoms with van der Waals surface area (Å²) in [5, 5.41) is 2.55. The predicted molar refractivity (Wildman–Crippen MR) is 64.2 cm³/mol. The van der Waals surface area contributed by atoms with Crippen LogP contribution in [-0.2, 0) is 9.63 Å². The fraction of sp³-hybridized carbons (Fsp3) is 0.167. The second-order valence-electron chi connectivity index (χ2n) is 3.54. The summed E-state index contributed by atoms with van der Waals surface area (Å²) >= 11 is 0. The number of urea groups is 1. The molecule has 0 heterocycles. The van der Waals surface area contributed by atoms with Crippen molar-refractivity contribution >= 4 is 17.7 Å². The van der Waals surface area contributed by atoms with E-state index in [0.29, 0.717) is 5.69 Å². The largest absolute Gasteiger partial charge is 0.358 e. The van der Waals surface area contributed by atoms with Gasteiger partial charge in [0.2, 0.25) is 0 Å². The summed E-state index contributed by atoms with van der Waals surface area (Å²) in [7, 11) is 0. The van der Waals surface area contributed by atoms with Gasteiger partial charge in [0.15, 0.2) is 0 Å². The number of hydrogen-bond acceptors (Lipinski definition) is 3. The van der Waals surface area contributed by atoms with Gasteiger partial charge in [0, 0.05) is 11.3 Å². The SMILES string of the molecule is C=C(C)C(=O)ONC(=O)Nc1ccccc1C. The summed E-state index contributed by atoms with van der Waals surface area (Å²) < 4.78 is 0. The zero-order valence-corrected chi connectivity index (χ0v) is 9.74. The topological polar surface area (TPSA) is 67.4 Å². The third kappa shape index (κ3) is 3.98. The van der Waals surface area contributed by atoms with Crippen molar-refractivity contribution in [1.82, 2.24) is 5.48 Å². The summed E-state index contributed by atoms with van der Waals surface area (Å²) in [6.45, 7) is 6.73. The van der Waals surface area contributed by atoms with Crippen molar-refractivity contribution < 1.29 is 14.4 Å². The number of carbonyl (C=O) groups excluding carboxylic acids is 2. The van der Waals surface area contributed by atoms with Crippen molar-refractivity contribution in [2.75, 3.05) is 5.32 Å². The Morgan fingerprint density at radius 3 is 2.53 bits per heavy atom. The summed E-state index contributed by atoms with van der Waals surface area (Å²) in [4.78, 5) is 26.8. The first kappa shape index (κ1) is 12.8. The molecule has 2 amide bonds. The zero-order chi connectivity index (χ0) is 12.8. The standard InChI is InChI=1S/C12H14N2O3/c1-8(2)11(15)17-14-12(16)13-10-7-5-4-6-9(10)3/h4-7H,1H2,2-3H3,(H2,13,14,16). The van der Waals surface area contributed by atoms with Gasteiger partial charge in [-0.15, -0.1) is 0 Å². The Kier molecular flexibility index (Phi) is 4.28. The Morgan fingerprint density at radius 2 is 1.94 bits per heavy atom. The molecular weight excluding hydrogens is 220 g/mol. The molecule has 0 radical (unpaired) electrons. The summed E-state index contributed by atoms with van der Waals surface area (Å²) in [6.07, 6.45) is 0. The van der Waals surface area contributed by atoms with Crippen LogP contribution in [0.15, 0.2) is 36.4 Å². The number of hydrogen-bond donors (Lipinski definition) is 2. The maximum Gasteiger partial charge on any atom is 0.358 e. The van der Waals surface area contributed by atoms with E-state index in [1.54, 1.807) is 12.1 Å². The number of nitrogens with one attached hydrogen (secondary N) is 2. The van der Waals surface area contributed by atoms with Gasteiger partial charge in [0.05, 0.1) is 0 Å². The van der Waals surface area contributed by atoms with E-state index in [2.05, 4.69) is 16.7 Å². The van der Waals surface area contributed by atoms with Crippen LogP contribution in [0.1, 0.15) is 12.5 Å². The first-order valence-electron chi connectivity index (χ1n) is 5.00. The van der Waals surface area contributed by atoms with Gasteiger partial charge in [-0.3, -0.25) is 0 Å². The lowest BCUT2D eigenvalue weighted by atomic mass is 10.2. The van der Waals surface area contributed by atoms with Crippen LogP contribution in [0.4, 0.5) is 10.5 Å². The second kappa shape index (κ2) is 5.69. The van der Waals surface area contributed by atoms with E-state index in [1.165, 1.54) is 6.92 Å². The lowest BCUT2D eigenvalue weighted by molar-refractivity contribution is -0.143. The molecule has 0 aliphatic heterocycles. The maximum absolute atomic E-state index is 11.4. The van der Waals surface area contributed by atoms with Gasteiger partial charge in [-0.05, 0) is 25.5 Å². The van der Waals surface area contributed by atoms with Crippen molar-refractivity contribution in [2.24, 2.45) is 0 Å². The van der Waals surface area contributed by atoms with Gasteiger partial charge in [-0.25, -0.2) is 9.59 Å². The number of para-hydroxylation sites is 1. The van der Waals surface area contributed by atoms with Crippen molar-refractivity contribution in [2.45, 2.75) is 13.8 Å². The average Bonchev–Trinajstić information content (AvgIpc) is 2.29. The molecule has 17 heavy (non-hydrogen) atoms. The van der Waals surface area contributed by atoms with Crippen molar-refractivity contribution in [3.63, 3.8) is 0 Å². The van der Waals surface area contributed by atoms with E-state index in [1.807, 2.05) is 24.5 Å². The molecule has 1 aromatic carbocycles. The Labute approximate surface area is 99.4 Å². The molecule has 0 atom stereocenters. The van der Waals surface area contributed by atoms with Gasteiger partial charge in [-0.1, -0.05) is 24.8 Å². The van der Waals surface area contributed by atoms with Crippen LogP contribution in [0.25, 0.3) is 0 Å². The van der Waals surface area contributed by atoms with Crippen LogP contribution in [0.5, 0.6) is 0 Å². The summed E-state index contributed by atoms with van der Waals surface area (Å²) in [5.41, 5.74) is 3.75. The molecule has 5 nitrogen and oxygen atoms in total. The molecule has 2 N–H and O–H groups in total. The van der Waals surface area contributed by atoms with E-state index >= 15 is 0 Å². The Bertz CT molecular complexity index is 455. The number of hydroxylamine groups is 1. The lowest BCUT2D eigenvalue weighted by Gasteiger charge is -2.09. The highest BCUT2D eigenvalue weighted by atomic mass is 16.7. The first-order valence-corrected chi connectivity index (χ1v) is 5.00. The zero-order valence-electron chi connectivity index (χ0n) is 9.74. The normalized spacial score (nSPS) is 9.29. The van der Waals surface area contributed by atoms with Gasteiger partial charge in [-0.2, -0.15) is 5.48 Å². The molecule has 0 unspecified atom stereocenters. The van der Waals surface area contributed by atoms with Crippen LogP contribution in [0.2, 0.25) is 0 Å². The highest BCUT2D eigenvalue weighted by Gasteiger charge is 2.07. The number of rotatable bonds is 2. The Morgan fingerprint density at radius 1 is 1.29 bits per heavy atom. The molecule has 0 saturated carbocycles. The third-order valence-corrected chi connectivity index (χ3v) is 1.98. The number of carbonyl (C=O) groups is 2. The highest BCUT2D eigenvalue weighted by Crippen LogP contribution is 2.12. The Balaban J connectivity index is 2.48. The predicted octanol–water partition coefficient (Wildman–Crippen LogP) is 2.15. The Hall–Kier alpha value is -2.30. The first-order chi connectivity index (χ1) is 8.00. The smallest absolute Gasteiger partial charge is 0.334 e. The van der Waals surface area contributed by atoms with Gasteiger partial charge in [0.25, 0.3) is 0 Å². The summed E-state index contributed by atoms with van der Waals surface area (Å²) in [6, 6.07) is 6.64. The van der Waals surface area contributed by atoms with Crippen molar-refractivity contribution in [3.8, 4) is 0 Å². The number of amides is 2. The van der Waals surface area contributed by atoms with E-state index in [9.17, 15) is 9.59 Å². The summed E-state index contributed by atoms with van der Waals surface area (Å²) in [5.74, 6) is -0.676. The number of aryl methyl sites for hydroxylation is 1. The molecule has 0 fully saturated rings. The minimum Gasteiger partial charge on any atom is -0.334 e. The minimum atomic E-state index is -0.676. The van der Waals surface area contributed by atoms with E-state index in [4.69, 9.17) is 0 Å².